The van der Waals surface area contributed by atoms with Gasteiger partial charge in [0, 0.05) is 19.1 Å². The standard InChI is InChI=1S/C28H55ClO2/c1-3-5-7-9-18-22-26-30-28(31-27-23-19-10-8-6-4-2)24-20-16-14-12-11-13-15-17-21-25-29/h15,17,28H,3-14,16,18-27H2,1-2H3/b17-15-. The van der Waals surface area contributed by atoms with Gasteiger partial charge in [-0.05, 0) is 44.9 Å². The third kappa shape index (κ3) is 26.1. The molecule has 2 nitrogen and oxygen atoms in total. The molecule has 0 atom stereocenters. The first-order chi connectivity index (χ1) is 15.3. The highest BCUT2D eigenvalue weighted by molar-refractivity contribution is 6.17. The monoisotopic (exact) mass is 458 g/mol. The van der Waals surface area contributed by atoms with Gasteiger partial charge in [-0.25, -0.2) is 0 Å². The van der Waals surface area contributed by atoms with Gasteiger partial charge >= 0.3 is 0 Å². The minimum absolute atomic E-state index is 0.0183. The summed E-state index contributed by atoms with van der Waals surface area (Å²) < 4.78 is 12.3. The Morgan fingerprint density at radius 3 is 1.55 bits per heavy atom. The van der Waals surface area contributed by atoms with Gasteiger partial charge in [0.25, 0.3) is 0 Å². The lowest BCUT2D eigenvalue weighted by Crippen LogP contribution is -2.19. The summed E-state index contributed by atoms with van der Waals surface area (Å²) in [6.07, 6.45) is 30.0. The maximum Gasteiger partial charge on any atom is 0.157 e. The van der Waals surface area contributed by atoms with Crippen molar-refractivity contribution < 1.29 is 9.47 Å². The van der Waals surface area contributed by atoms with Gasteiger partial charge in [-0.3, -0.25) is 0 Å². The molecule has 3 heteroatoms. The van der Waals surface area contributed by atoms with Gasteiger partial charge in [-0.1, -0.05) is 109 Å². The molecule has 0 unspecified atom stereocenters. The normalized spacial score (nSPS) is 11.9. The fourth-order valence-corrected chi connectivity index (χ4v) is 3.94. The van der Waals surface area contributed by atoms with Gasteiger partial charge in [0.2, 0.25) is 0 Å². The van der Waals surface area contributed by atoms with Gasteiger partial charge in [0.05, 0.1) is 0 Å². The lowest BCUT2D eigenvalue weighted by Gasteiger charge is -2.19. The van der Waals surface area contributed by atoms with Gasteiger partial charge in [-0.2, -0.15) is 0 Å². The third-order valence-corrected chi connectivity index (χ3v) is 6.07. The minimum atomic E-state index is 0.0183. The molecule has 0 aromatic carbocycles. The molecule has 0 heterocycles. The van der Waals surface area contributed by atoms with Crippen LogP contribution in [0.15, 0.2) is 12.2 Å². The predicted octanol–water partition coefficient (Wildman–Crippen LogP) is 9.98. The Bertz CT molecular complexity index is 328. The quantitative estimate of drug-likeness (QED) is 0.0555. The van der Waals surface area contributed by atoms with Crippen LogP contribution in [-0.4, -0.2) is 25.4 Å². The number of hydrogen-bond acceptors (Lipinski definition) is 2. The molecule has 0 aliphatic carbocycles. The fraction of sp³-hybridized carbons (Fsp3) is 0.929. The second-order valence-corrected chi connectivity index (χ2v) is 9.38. The molecule has 0 bridgehead atoms. The summed E-state index contributed by atoms with van der Waals surface area (Å²) in [4.78, 5) is 0. The van der Waals surface area contributed by atoms with E-state index >= 15 is 0 Å². The van der Waals surface area contributed by atoms with E-state index in [9.17, 15) is 0 Å². The van der Waals surface area contributed by atoms with E-state index in [4.69, 9.17) is 21.1 Å². The SMILES string of the molecule is CCCCCCCCOC(CCCCCCC/C=C\CCCl)OCCCCCCCC. The first-order valence-electron chi connectivity index (χ1n) is 13.8. The van der Waals surface area contributed by atoms with Crippen LogP contribution in [0.25, 0.3) is 0 Å². The second-order valence-electron chi connectivity index (χ2n) is 9.00. The molecular weight excluding hydrogens is 404 g/mol. The summed E-state index contributed by atoms with van der Waals surface area (Å²) in [5, 5.41) is 0. The van der Waals surface area contributed by atoms with Crippen molar-refractivity contribution in [2.24, 2.45) is 0 Å². The van der Waals surface area contributed by atoms with Gasteiger partial charge in [0.1, 0.15) is 0 Å². The van der Waals surface area contributed by atoms with E-state index in [1.807, 2.05) is 0 Å². The largest absolute Gasteiger partial charge is 0.353 e. The lowest BCUT2D eigenvalue weighted by atomic mass is 10.1. The molecule has 0 aliphatic heterocycles. The highest BCUT2D eigenvalue weighted by atomic mass is 35.5. The van der Waals surface area contributed by atoms with E-state index in [2.05, 4.69) is 26.0 Å². The van der Waals surface area contributed by atoms with Crippen molar-refractivity contribution in [3.8, 4) is 0 Å². The maximum absolute atomic E-state index is 6.13. The molecule has 0 N–H and O–H groups in total. The predicted molar refractivity (Wildman–Crippen MR) is 139 cm³/mol. The maximum atomic E-state index is 6.13. The van der Waals surface area contributed by atoms with Crippen molar-refractivity contribution in [2.75, 3.05) is 19.1 Å². The highest BCUT2D eigenvalue weighted by Gasteiger charge is 2.09. The Balaban J connectivity index is 3.84. The van der Waals surface area contributed by atoms with Gasteiger partial charge in [0.15, 0.2) is 6.29 Å². The van der Waals surface area contributed by atoms with Crippen LogP contribution < -0.4 is 0 Å². The number of allylic oxidation sites excluding steroid dienone is 2. The molecule has 186 valence electrons. The molecule has 0 amide bonds. The third-order valence-electron chi connectivity index (χ3n) is 5.86. The number of alkyl halides is 1. The number of halogens is 1. The van der Waals surface area contributed by atoms with Crippen molar-refractivity contribution in [3.63, 3.8) is 0 Å². The molecule has 0 spiro atoms. The second kappa shape index (κ2) is 28.0. The molecule has 0 rings (SSSR count). The summed E-state index contributed by atoms with van der Waals surface area (Å²) in [6, 6.07) is 0. The molecule has 0 fully saturated rings. The Labute approximate surface area is 200 Å². The van der Waals surface area contributed by atoms with E-state index < -0.39 is 0 Å². The molecule has 0 aromatic rings. The molecule has 0 radical (unpaired) electrons. The van der Waals surface area contributed by atoms with Crippen LogP contribution in [0.4, 0.5) is 0 Å². The van der Waals surface area contributed by atoms with Crippen molar-refractivity contribution >= 4 is 11.6 Å². The van der Waals surface area contributed by atoms with Gasteiger partial charge in [-0.15, -0.1) is 11.6 Å². The minimum Gasteiger partial charge on any atom is -0.353 e. The number of ether oxygens (including phenoxy) is 2. The van der Waals surface area contributed by atoms with Crippen molar-refractivity contribution in [3.05, 3.63) is 12.2 Å². The molecule has 0 aromatic heterocycles. The van der Waals surface area contributed by atoms with Crippen LogP contribution in [0.5, 0.6) is 0 Å². The number of unbranched alkanes of at least 4 members (excludes halogenated alkanes) is 15. The first kappa shape index (κ1) is 30.9. The molecular formula is C28H55ClO2. The Hall–Kier alpha value is -0.0500. The Morgan fingerprint density at radius 1 is 0.548 bits per heavy atom. The summed E-state index contributed by atoms with van der Waals surface area (Å²) in [7, 11) is 0. The van der Waals surface area contributed by atoms with Crippen molar-refractivity contribution in [1.29, 1.82) is 0 Å². The topological polar surface area (TPSA) is 18.5 Å². The van der Waals surface area contributed by atoms with E-state index in [0.29, 0.717) is 0 Å². The summed E-state index contributed by atoms with van der Waals surface area (Å²) in [6.45, 7) is 6.27. The van der Waals surface area contributed by atoms with E-state index in [1.165, 1.54) is 116 Å². The summed E-state index contributed by atoms with van der Waals surface area (Å²) in [5.41, 5.74) is 0. The van der Waals surface area contributed by atoms with Crippen LogP contribution >= 0.6 is 11.6 Å². The van der Waals surface area contributed by atoms with E-state index in [0.717, 1.165) is 31.9 Å². The average Bonchev–Trinajstić information content (AvgIpc) is 2.78. The Kier molecular flexibility index (Phi) is 27.9. The molecule has 0 aliphatic rings. The number of rotatable bonds is 26. The van der Waals surface area contributed by atoms with Gasteiger partial charge < -0.3 is 9.47 Å². The smallest absolute Gasteiger partial charge is 0.157 e. The van der Waals surface area contributed by atoms with Crippen LogP contribution in [0.1, 0.15) is 142 Å². The molecule has 0 saturated carbocycles. The van der Waals surface area contributed by atoms with Crippen LogP contribution in [0.2, 0.25) is 0 Å². The first-order valence-corrected chi connectivity index (χ1v) is 14.3. The fourth-order valence-electron chi connectivity index (χ4n) is 3.81. The van der Waals surface area contributed by atoms with Crippen molar-refractivity contribution in [1.82, 2.24) is 0 Å². The molecule has 31 heavy (non-hydrogen) atoms. The van der Waals surface area contributed by atoms with Crippen LogP contribution in [0, 0.1) is 0 Å². The summed E-state index contributed by atoms with van der Waals surface area (Å²) in [5.74, 6) is 0.736. The zero-order chi connectivity index (χ0) is 22.7. The zero-order valence-corrected chi connectivity index (χ0v) is 21.9. The average molecular weight is 459 g/mol. The Morgan fingerprint density at radius 2 is 1.00 bits per heavy atom. The summed E-state index contributed by atoms with van der Waals surface area (Å²) >= 11 is 5.68. The number of hydrogen-bond donors (Lipinski definition) is 0. The van der Waals surface area contributed by atoms with Crippen LogP contribution in [-0.2, 0) is 9.47 Å². The lowest BCUT2D eigenvalue weighted by molar-refractivity contribution is -0.148. The van der Waals surface area contributed by atoms with Crippen molar-refractivity contribution in [2.45, 2.75) is 149 Å². The highest BCUT2D eigenvalue weighted by Crippen LogP contribution is 2.14. The molecule has 0 saturated heterocycles. The zero-order valence-electron chi connectivity index (χ0n) is 21.2. The van der Waals surface area contributed by atoms with E-state index in [1.54, 1.807) is 0 Å². The van der Waals surface area contributed by atoms with E-state index in [-0.39, 0.29) is 6.29 Å². The van der Waals surface area contributed by atoms with Crippen LogP contribution in [0.3, 0.4) is 0 Å².